The first-order chi connectivity index (χ1) is 8.25. The molecule has 0 aliphatic heterocycles. The summed E-state index contributed by atoms with van der Waals surface area (Å²) >= 11 is 9.73. The van der Waals surface area contributed by atoms with Gasteiger partial charge in [-0.1, -0.05) is 45.7 Å². The Morgan fingerprint density at radius 2 is 1.82 bits per heavy atom. The van der Waals surface area contributed by atoms with Gasteiger partial charge in [-0.25, -0.2) is 4.98 Å². The van der Waals surface area contributed by atoms with E-state index in [9.17, 15) is 0 Å². The second-order valence-electron chi connectivity index (χ2n) is 3.69. The quantitative estimate of drug-likeness (QED) is 0.650. The van der Waals surface area contributed by atoms with Crippen molar-refractivity contribution in [3.8, 4) is 11.3 Å². The predicted molar refractivity (Wildman–Crippen MR) is 73.3 cm³/mol. The largest absolute Gasteiger partial charge is 0.290 e. The van der Waals surface area contributed by atoms with Gasteiger partial charge in [-0.05, 0) is 24.3 Å². The highest BCUT2D eigenvalue weighted by atomic mass is 79.9. The van der Waals surface area contributed by atoms with Crippen LogP contribution in [0.2, 0.25) is 5.15 Å². The molecule has 0 radical (unpaired) electrons. The monoisotopic (exact) mass is 306 g/mol. The number of hydrogen-bond donors (Lipinski definition) is 0. The van der Waals surface area contributed by atoms with Crippen molar-refractivity contribution in [3.05, 3.63) is 58.3 Å². The van der Waals surface area contributed by atoms with E-state index in [2.05, 4.69) is 20.9 Å². The van der Waals surface area contributed by atoms with Crippen molar-refractivity contribution in [1.29, 1.82) is 0 Å². The highest BCUT2D eigenvalue weighted by Crippen LogP contribution is 2.28. The van der Waals surface area contributed by atoms with Crippen LogP contribution >= 0.6 is 27.5 Å². The highest BCUT2D eigenvalue weighted by Gasteiger charge is 2.11. The zero-order valence-corrected chi connectivity index (χ0v) is 11.1. The maximum absolute atomic E-state index is 6.32. The molecule has 2 nitrogen and oxygen atoms in total. The lowest BCUT2D eigenvalue weighted by Gasteiger charge is -1.98. The first-order valence-electron chi connectivity index (χ1n) is 5.14. The van der Waals surface area contributed by atoms with E-state index in [1.54, 1.807) is 0 Å². The molecule has 0 spiro atoms. The van der Waals surface area contributed by atoms with E-state index in [1.165, 1.54) is 0 Å². The van der Waals surface area contributed by atoms with E-state index in [0.29, 0.717) is 5.15 Å². The van der Waals surface area contributed by atoms with E-state index in [0.717, 1.165) is 21.4 Å². The molecule has 2 aromatic heterocycles. The number of imidazole rings is 1. The lowest BCUT2D eigenvalue weighted by atomic mass is 10.2. The third-order valence-electron chi connectivity index (χ3n) is 2.59. The Morgan fingerprint density at radius 3 is 2.53 bits per heavy atom. The van der Waals surface area contributed by atoms with Crippen LogP contribution in [0.25, 0.3) is 16.9 Å². The van der Waals surface area contributed by atoms with Gasteiger partial charge in [0.15, 0.2) is 0 Å². The van der Waals surface area contributed by atoms with Gasteiger partial charge in [-0.2, -0.15) is 0 Å². The average Bonchev–Trinajstić information content (AvgIpc) is 2.69. The van der Waals surface area contributed by atoms with Crippen LogP contribution in [0, 0.1) is 0 Å². The third-order valence-corrected chi connectivity index (χ3v) is 3.48. The topological polar surface area (TPSA) is 17.3 Å². The van der Waals surface area contributed by atoms with Gasteiger partial charge in [0.05, 0.1) is 0 Å². The van der Waals surface area contributed by atoms with Crippen LogP contribution < -0.4 is 0 Å². The van der Waals surface area contributed by atoms with Crippen LogP contribution in [-0.2, 0) is 0 Å². The second kappa shape index (κ2) is 4.17. The average molecular weight is 308 g/mol. The molecule has 0 aliphatic rings. The molecule has 0 fully saturated rings. The number of benzene rings is 1. The van der Waals surface area contributed by atoms with Crippen LogP contribution in [-0.4, -0.2) is 9.38 Å². The molecule has 2 heterocycles. The van der Waals surface area contributed by atoms with Gasteiger partial charge in [0.1, 0.15) is 16.5 Å². The number of aromatic nitrogens is 2. The fourth-order valence-corrected chi connectivity index (χ4v) is 2.32. The minimum atomic E-state index is 0.642. The smallest absolute Gasteiger partial charge is 0.141 e. The molecule has 0 saturated carbocycles. The summed E-state index contributed by atoms with van der Waals surface area (Å²) in [7, 11) is 0. The van der Waals surface area contributed by atoms with Crippen molar-refractivity contribution in [2.24, 2.45) is 0 Å². The van der Waals surface area contributed by atoms with Gasteiger partial charge in [0, 0.05) is 16.2 Å². The van der Waals surface area contributed by atoms with Crippen molar-refractivity contribution in [3.63, 3.8) is 0 Å². The third kappa shape index (κ3) is 1.85. The zero-order chi connectivity index (χ0) is 11.8. The molecule has 0 unspecified atom stereocenters. The molecular weight excluding hydrogens is 300 g/mol. The van der Waals surface area contributed by atoms with Crippen LogP contribution in [0.5, 0.6) is 0 Å². The minimum absolute atomic E-state index is 0.642. The number of rotatable bonds is 1. The Kier molecular flexibility index (Phi) is 2.65. The van der Waals surface area contributed by atoms with Gasteiger partial charge in [-0.3, -0.25) is 4.40 Å². The van der Waals surface area contributed by atoms with Crippen LogP contribution in [0.4, 0.5) is 0 Å². The van der Waals surface area contributed by atoms with Crippen LogP contribution in [0.1, 0.15) is 0 Å². The van der Waals surface area contributed by atoms with E-state index in [1.807, 2.05) is 53.1 Å². The van der Waals surface area contributed by atoms with Crippen molar-refractivity contribution < 1.29 is 0 Å². The molecule has 0 amide bonds. The van der Waals surface area contributed by atoms with Gasteiger partial charge in [0.2, 0.25) is 0 Å². The SMILES string of the molecule is Clc1c(-c2ccc(Br)cc2)nc2ccccn12. The lowest BCUT2D eigenvalue weighted by molar-refractivity contribution is 1.19. The summed E-state index contributed by atoms with van der Waals surface area (Å²) in [5.41, 5.74) is 2.68. The van der Waals surface area contributed by atoms with Crippen molar-refractivity contribution >= 4 is 33.2 Å². The fourth-order valence-electron chi connectivity index (χ4n) is 1.76. The summed E-state index contributed by atoms with van der Waals surface area (Å²) in [6.45, 7) is 0. The number of halogens is 2. The highest BCUT2D eigenvalue weighted by molar-refractivity contribution is 9.10. The van der Waals surface area contributed by atoms with Crippen molar-refractivity contribution in [2.75, 3.05) is 0 Å². The number of pyridine rings is 1. The van der Waals surface area contributed by atoms with Crippen molar-refractivity contribution in [2.45, 2.75) is 0 Å². The van der Waals surface area contributed by atoms with Gasteiger partial charge in [-0.15, -0.1) is 0 Å². The van der Waals surface area contributed by atoms with E-state index in [4.69, 9.17) is 11.6 Å². The molecule has 3 aromatic rings. The van der Waals surface area contributed by atoms with Gasteiger partial charge < -0.3 is 0 Å². The van der Waals surface area contributed by atoms with Gasteiger partial charge >= 0.3 is 0 Å². The summed E-state index contributed by atoms with van der Waals surface area (Å²) in [6.07, 6.45) is 1.91. The molecule has 0 saturated heterocycles. The number of hydrogen-bond acceptors (Lipinski definition) is 1. The molecule has 3 rings (SSSR count). The first kappa shape index (κ1) is 10.8. The summed E-state index contributed by atoms with van der Waals surface area (Å²) < 4.78 is 2.92. The molecule has 0 aliphatic carbocycles. The Morgan fingerprint density at radius 1 is 1.06 bits per heavy atom. The minimum Gasteiger partial charge on any atom is -0.290 e. The molecule has 0 bridgehead atoms. The molecule has 17 heavy (non-hydrogen) atoms. The lowest BCUT2D eigenvalue weighted by Crippen LogP contribution is -1.81. The molecule has 84 valence electrons. The van der Waals surface area contributed by atoms with Crippen LogP contribution in [0.3, 0.4) is 0 Å². The predicted octanol–water partition coefficient (Wildman–Crippen LogP) is 4.42. The summed E-state index contributed by atoms with van der Waals surface area (Å²) in [6, 6.07) is 13.8. The van der Waals surface area contributed by atoms with E-state index >= 15 is 0 Å². The summed E-state index contributed by atoms with van der Waals surface area (Å²) in [5, 5.41) is 0.642. The Hall–Kier alpha value is -1.32. The first-order valence-corrected chi connectivity index (χ1v) is 6.31. The Labute approximate surface area is 112 Å². The number of fused-ring (bicyclic) bond motifs is 1. The summed E-state index contributed by atoms with van der Waals surface area (Å²) in [5.74, 6) is 0. The molecule has 1 aromatic carbocycles. The summed E-state index contributed by atoms with van der Waals surface area (Å²) in [4.78, 5) is 4.53. The van der Waals surface area contributed by atoms with Crippen molar-refractivity contribution in [1.82, 2.24) is 9.38 Å². The normalized spacial score (nSPS) is 10.9. The molecule has 0 N–H and O–H groups in total. The molecule has 0 atom stereocenters. The standard InChI is InChI=1S/C13H8BrClN2/c14-10-6-4-9(5-7-10)12-13(15)17-8-2-1-3-11(17)16-12/h1-8H. The Bertz CT molecular complexity index is 673. The van der Waals surface area contributed by atoms with Crippen LogP contribution in [0.15, 0.2) is 53.1 Å². The second-order valence-corrected chi connectivity index (χ2v) is 4.96. The Balaban J connectivity index is 2.24. The maximum atomic E-state index is 6.32. The zero-order valence-electron chi connectivity index (χ0n) is 8.77. The fraction of sp³-hybridized carbons (Fsp3) is 0. The maximum Gasteiger partial charge on any atom is 0.141 e. The van der Waals surface area contributed by atoms with Gasteiger partial charge in [0.25, 0.3) is 0 Å². The van der Waals surface area contributed by atoms with E-state index < -0.39 is 0 Å². The van der Waals surface area contributed by atoms with E-state index in [-0.39, 0.29) is 0 Å². The molecular formula is C13H8BrClN2. The molecule has 4 heteroatoms. The number of nitrogens with zero attached hydrogens (tertiary/aromatic N) is 2.